The summed E-state index contributed by atoms with van der Waals surface area (Å²) in [5, 5.41) is 10.2. The van der Waals surface area contributed by atoms with E-state index >= 15 is 0 Å². The van der Waals surface area contributed by atoms with Gasteiger partial charge in [0, 0.05) is 6.54 Å². The highest BCUT2D eigenvalue weighted by atomic mass is 16.5. The molecule has 0 saturated carbocycles. The van der Waals surface area contributed by atoms with Crippen molar-refractivity contribution in [2.45, 2.75) is 44.9 Å². The van der Waals surface area contributed by atoms with Crippen LogP contribution >= 0.6 is 0 Å². The molecule has 0 spiro atoms. The highest BCUT2D eigenvalue weighted by Crippen LogP contribution is 2.40. The third kappa shape index (κ3) is 6.98. The summed E-state index contributed by atoms with van der Waals surface area (Å²) in [4.78, 5) is 13.8. The van der Waals surface area contributed by atoms with E-state index < -0.39 is 5.41 Å². The Morgan fingerprint density at radius 3 is 2.35 bits per heavy atom. The van der Waals surface area contributed by atoms with Gasteiger partial charge in [-0.15, -0.1) is 0 Å². The monoisotopic (exact) mass is 466 g/mol. The lowest BCUT2D eigenvalue weighted by Gasteiger charge is -2.32. The Hall–Kier alpha value is -3.04. The van der Waals surface area contributed by atoms with E-state index in [9.17, 15) is 10.1 Å². The van der Waals surface area contributed by atoms with Gasteiger partial charge in [-0.05, 0) is 67.6 Å². The number of nitrogens with zero attached hydrogens (tertiary/aromatic N) is 2. The van der Waals surface area contributed by atoms with Gasteiger partial charge in [0.1, 0.15) is 0 Å². The van der Waals surface area contributed by atoms with Gasteiger partial charge in [0.15, 0.2) is 11.5 Å². The molecular weight excluding hydrogens is 428 g/mol. The fourth-order valence-electron chi connectivity index (χ4n) is 4.32. The van der Waals surface area contributed by atoms with Crippen molar-refractivity contribution in [3.05, 3.63) is 59.2 Å². The second-order valence-corrected chi connectivity index (χ2v) is 9.04. The van der Waals surface area contributed by atoms with E-state index in [-0.39, 0.29) is 11.9 Å². The van der Waals surface area contributed by atoms with E-state index in [1.165, 1.54) is 12.7 Å². The number of rotatable bonds is 13. The number of carbonyl (C=O) groups is 1. The summed E-state index contributed by atoms with van der Waals surface area (Å²) in [6.45, 7) is 6.00. The molecular formula is C28H38N2O4. The van der Waals surface area contributed by atoms with Gasteiger partial charge in [-0.2, -0.15) is 5.26 Å². The minimum Gasteiger partial charge on any atom is -0.493 e. The zero-order chi connectivity index (χ0) is 25.1. The number of carbonyl (C=O) groups excluding carboxylic acids is 1. The van der Waals surface area contributed by atoms with Crippen LogP contribution in [-0.4, -0.2) is 52.3 Å². The van der Waals surface area contributed by atoms with Crippen LogP contribution in [0.2, 0.25) is 0 Å². The van der Waals surface area contributed by atoms with E-state index in [1.54, 1.807) is 14.2 Å². The van der Waals surface area contributed by atoms with Crippen LogP contribution in [-0.2, 0) is 27.8 Å². The maximum absolute atomic E-state index is 11.5. The third-order valence-electron chi connectivity index (χ3n) is 6.54. The van der Waals surface area contributed by atoms with Crippen LogP contribution < -0.4 is 9.47 Å². The molecule has 0 saturated heterocycles. The van der Waals surface area contributed by atoms with Gasteiger partial charge in [-0.25, -0.2) is 0 Å². The van der Waals surface area contributed by atoms with Gasteiger partial charge in [0.25, 0.3) is 0 Å². The van der Waals surface area contributed by atoms with E-state index in [0.29, 0.717) is 17.9 Å². The lowest BCUT2D eigenvalue weighted by atomic mass is 9.69. The summed E-state index contributed by atoms with van der Waals surface area (Å²) < 4.78 is 15.6. The predicted octanol–water partition coefficient (Wildman–Crippen LogP) is 4.79. The van der Waals surface area contributed by atoms with Crippen molar-refractivity contribution in [2.24, 2.45) is 5.92 Å². The summed E-state index contributed by atoms with van der Waals surface area (Å²) in [7, 11) is 6.75. The molecule has 1 unspecified atom stereocenters. The zero-order valence-corrected chi connectivity index (χ0v) is 21.4. The van der Waals surface area contributed by atoms with E-state index in [4.69, 9.17) is 14.2 Å². The normalized spacial score (nSPS) is 12.8. The molecule has 0 amide bonds. The van der Waals surface area contributed by atoms with Crippen molar-refractivity contribution in [3.63, 3.8) is 0 Å². The smallest absolute Gasteiger partial charge is 0.309 e. The van der Waals surface area contributed by atoms with Crippen molar-refractivity contribution < 1.29 is 19.0 Å². The first kappa shape index (κ1) is 27.2. The molecule has 0 N–H and O–H groups in total. The molecule has 184 valence electrons. The predicted molar refractivity (Wildman–Crippen MR) is 134 cm³/mol. The van der Waals surface area contributed by atoms with Crippen molar-refractivity contribution in [3.8, 4) is 17.6 Å². The van der Waals surface area contributed by atoms with E-state index in [0.717, 1.165) is 43.5 Å². The highest BCUT2D eigenvalue weighted by molar-refractivity contribution is 5.72. The molecule has 0 bridgehead atoms. The van der Waals surface area contributed by atoms with Crippen molar-refractivity contribution in [1.29, 1.82) is 5.26 Å². The molecule has 6 heteroatoms. The standard InChI is InChI=1S/C28H38N2O4/c1-21(2)28(20-29,24-11-12-25(32-4)26(19-24)33-5)14-8-15-30(3)16-13-22-9-7-10-23(17-22)18-27(31)34-6/h7,9-12,17,19,21H,8,13-16,18H2,1-6H3. The lowest BCUT2D eigenvalue weighted by molar-refractivity contribution is -0.139. The molecule has 0 fully saturated rings. The van der Waals surface area contributed by atoms with Crippen LogP contribution in [0.5, 0.6) is 11.5 Å². The first-order valence-electron chi connectivity index (χ1n) is 11.8. The Morgan fingerprint density at radius 2 is 1.74 bits per heavy atom. The minimum atomic E-state index is -0.595. The molecule has 2 aromatic carbocycles. The Morgan fingerprint density at radius 1 is 1.03 bits per heavy atom. The maximum atomic E-state index is 11.5. The summed E-state index contributed by atoms with van der Waals surface area (Å²) in [6, 6.07) is 16.5. The molecule has 0 aliphatic carbocycles. The first-order valence-corrected chi connectivity index (χ1v) is 11.8. The van der Waals surface area contributed by atoms with Gasteiger partial charge in [0.05, 0.1) is 39.2 Å². The molecule has 6 nitrogen and oxygen atoms in total. The molecule has 0 aliphatic heterocycles. The van der Waals surface area contributed by atoms with Crippen LogP contribution in [0.25, 0.3) is 0 Å². The van der Waals surface area contributed by atoms with Crippen LogP contribution in [0.1, 0.15) is 43.4 Å². The fourth-order valence-corrected chi connectivity index (χ4v) is 4.32. The van der Waals surface area contributed by atoms with Gasteiger partial charge in [0.2, 0.25) is 0 Å². The molecule has 2 aromatic rings. The Labute approximate surface area is 204 Å². The minimum absolute atomic E-state index is 0.151. The summed E-state index contributed by atoms with van der Waals surface area (Å²) in [5.41, 5.74) is 2.54. The third-order valence-corrected chi connectivity index (χ3v) is 6.54. The number of nitriles is 1. The van der Waals surface area contributed by atoms with Crippen molar-refractivity contribution in [1.82, 2.24) is 4.90 Å². The summed E-state index contributed by atoms with van der Waals surface area (Å²) in [5.74, 6) is 1.23. The second kappa shape index (κ2) is 13.0. The number of methoxy groups -OCH3 is 3. The largest absolute Gasteiger partial charge is 0.493 e. The molecule has 1 atom stereocenters. The quantitative estimate of drug-likeness (QED) is 0.395. The van der Waals surface area contributed by atoms with Crippen molar-refractivity contribution in [2.75, 3.05) is 41.5 Å². The van der Waals surface area contributed by atoms with Crippen LogP contribution in [0, 0.1) is 17.2 Å². The molecule has 0 radical (unpaired) electrons. The van der Waals surface area contributed by atoms with Gasteiger partial charge in [-0.3, -0.25) is 4.79 Å². The Balaban J connectivity index is 1.99. The lowest BCUT2D eigenvalue weighted by Crippen LogP contribution is -2.32. The van der Waals surface area contributed by atoms with Crippen LogP contribution in [0.15, 0.2) is 42.5 Å². The van der Waals surface area contributed by atoms with Crippen LogP contribution in [0.4, 0.5) is 0 Å². The topological polar surface area (TPSA) is 71.8 Å². The zero-order valence-electron chi connectivity index (χ0n) is 21.4. The molecule has 34 heavy (non-hydrogen) atoms. The maximum Gasteiger partial charge on any atom is 0.309 e. The molecule has 0 aliphatic rings. The second-order valence-electron chi connectivity index (χ2n) is 9.04. The Bertz CT molecular complexity index is 983. The molecule has 2 rings (SSSR count). The van der Waals surface area contributed by atoms with Crippen LogP contribution in [0.3, 0.4) is 0 Å². The van der Waals surface area contributed by atoms with E-state index in [1.807, 2.05) is 30.3 Å². The SMILES string of the molecule is COC(=O)Cc1cccc(CCN(C)CCCC(C#N)(c2ccc(OC)c(OC)c2)C(C)C)c1. The molecule has 0 heterocycles. The van der Waals surface area contributed by atoms with Gasteiger partial charge >= 0.3 is 5.97 Å². The average molecular weight is 467 g/mol. The number of esters is 1. The number of hydrogen-bond donors (Lipinski definition) is 0. The van der Waals surface area contributed by atoms with Crippen molar-refractivity contribution >= 4 is 5.97 Å². The van der Waals surface area contributed by atoms with Gasteiger partial charge in [-0.1, -0.05) is 44.2 Å². The molecule has 0 aromatic heterocycles. The fraction of sp³-hybridized carbons (Fsp3) is 0.500. The first-order chi connectivity index (χ1) is 16.3. The number of benzene rings is 2. The average Bonchev–Trinajstić information content (AvgIpc) is 2.85. The van der Waals surface area contributed by atoms with E-state index in [2.05, 4.69) is 44.0 Å². The number of hydrogen-bond acceptors (Lipinski definition) is 6. The van der Waals surface area contributed by atoms with Gasteiger partial charge < -0.3 is 19.1 Å². The summed E-state index contributed by atoms with van der Waals surface area (Å²) >= 11 is 0. The highest BCUT2D eigenvalue weighted by Gasteiger charge is 2.36. The number of likely N-dealkylation sites (N-methyl/N-ethyl adjacent to an activating group) is 1. The number of ether oxygens (including phenoxy) is 3. The summed E-state index contributed by atoms with van der Waals surface area (Å²) in [6.07, 6.45) is 2.85. The Kier molecular flexibility index (Phi) is 10.4.